The molecule has 2 heterocycles. The van der Waals surface area contributed by atoms with Gasteiger partial charge in [0.2, 0.25) is 5.91 Å². The maximum atomic E-state index is 13.4. The van der Waals surface area contributed by atoms with Crippen LogP contribution in [0.3, 0.4) is 0 Å². The molecule has 0 aliphatic carbocycles. The van der Waals surface area contributed by atoms with Gasteiger partial charge in [-0.2, -0.15) is 13.2 Å². The number of carbonyl (C=O) groups is 1. The van der Waals surface area contributed by atoms with Gasteiger partial charge in [0.25, 0.3) is 0 Å². The lowest BCUT2D eigenvalue weighted by Gasteiger charge is -2.10. The Labute approximate surface area is 207 Å². The van der Waals surface area contributed by atoms with Crippen molar-refractivity contribution in [3.8, 4) is 11.3 Å². The van der Waals surface area contributed by atoms with Gasteiger partial charge >= 0.3 is 6.18 Å². The topological polar surface area (TPSA) is 57.8 Å². The van der Waals surface area contributed by atoms with Crippen LogP contribution in [-0.2, 0) is 17.5 Å². The van der Waals surface area contributed by atoms with E-state index in [4.69, 9.17) is 0 Å². The van der Waals surface area contributed by atoms with E-state index in [1.54, 1.807) is 6.07 Å². The van der Waals surface area contributed by atoms with E-state index in [0.29, 0.717) is 22.5 Å². The fourth-order valence-electron chi connectivity index (χ4n) is 4.10. The Morgan fingerprint density at radius 1 is 0.919 bits per heavy atom. The number of halogens is 5. The summed E-state index contributed by atoms with van der Waals surface area (Å²) in [4.78, 5) is 20.3. The molecule has 5 aromatic rings. The lowest BCUT2D eigenvalue weighted by Crippen LogP contribution is -2.21. The summed E-state index contributed by atoms with van der Waals surface area (Å²) in [5.74, 6) is -2.03. The van der Waals surface area contributed by atoms with Crippen molar-refractivity contribution in [2.75, 3.05) is 0 Å². The number of H-pyrrole nitrogens is 1. The lowest BCUT2D eigenvalue weighted by molar-refractivity contribution is -0.137. The first-order valence-corrected chi connectivity index (χ1v) is 11.2. The van der Waals surface area contributed by atoms with Gasteiger partial charge in [-0.3, -0.25) is 4.79 Å². The number of amides is 1. The Morgan fingerprint density at radius 3 is 2.32 bits per heavy atom. The summed E-state index contributed by atoms with van der Waals surface area (Å²) in [7, 11) is 0. The highest BCUT2D eigenvalue weighted by Gasteiger charge is 2.30. The third-order valence-corrected chi connectivity index (χ3v) is 5.79. The van der Waals surface area contributed by atoms with Crippen molar-refractivity contribution in [2.45, 2.75) is 12.7 Å². The summed E-state index contributed by atoms with van der Waals surface area (Å²) >= 11 is 0. The zero-order valence-electron chi connectivity index (χ0n) is 19.0. The third kappa shape index (κ3) is 5.20. The molecule has 0 fully saturated rings. The molecular weight excluding hydrogens is 489 g/mol. The number of carbonyl (C=O) groups excluding carboxylic acids is 1. The maximum Gasteiger partial charge on any atom is 0.416 e. The SMILES string of the molecule is O=C(/C=C/c1cc(F)cc(F)c1)NCc1cc2c([nH]c3ccccc32)c(-c2ccc(C(F)(F)F)cc2)n1. The summed E-state index contributed by atoms with van der Waals surface area (Å²) in [6.07, 6.45) is -2.03. The minimum atomic E-state index is -4.46. The summed E-state index contributed by atoms with van der Waals surface area (Å²) in [6, 6.07) is 17.0. The van der Waals surface area contributed by atoms with Gasteiger partial charge in [0.1, 0.15) is 11.6 Å². The van der Waals surface area contributed by atoms with Crippen molar-refractivity contribution >= 4 is 33.8 Å². The number of alkyl halides is 3. The molecule has 0 aliphatic rings. The molecule has 4 nitrogen and oxygen atoms in total. The first kappa shape index (κ1) is 24.2. The molecule has 0 saturated heterocycles. The second-order valence-electron chi connectivity index (χ2n) is 8.38. The summed E-state index contributed by atoms with van der Waals surface area (Å²) in [6.45, 7) is 0.0176. The number of aromatic nitrogens is 2. The van der Waals surface area contributed by atoms with Gasteiger partial charge in [-0.15, -0.1) is 0 Å². The number of para-hydroxylation sites is 1. The van der Waals surface area contributed by atoms with Crippen LogP contribution in [0.25, 0.3) is 39.1 Å². The Morgan fingerprint density at radius 2 is 1.62 bits per heavy atom. The van der Waals surface area contributed by atoms with E-state index in [2.05, 4.69) is 15.3 Å². The van der Waals surface area contributed by atoms with Crippen LogP contribution >= 0.6 is 0 Å². The van der Waals surface area contributed by atoms with Crippen molar-refractivity contribution in [2.24, 2.45) is 0 Å². The fourth-order valence-corrected chi connectivity index (χ4v) is 4.10. The number of hydrogen-bond acceptors (Lipinski definition) is 2. The molecule has 0 bridgehead atoms. The van der Waals surface area contributed by atoms with Gasteiger partial charge in [0, 0.05) is 34.0 Å². The smallest absolute Gasteiger partial charge is 0.353 e. The lowest BCUT2D eigenvalue weighted by atomic mass is 10.0. The van der Waals surface area contributed by atoms with Crippen LogP contribution in [0.2, 0.25) is 0 Å². The molecule has 3 aromatic carbocycles. The first-order valence-electron chi connectivity index (χ1n) is 11.2. The van der Waals surface area contributed by atoms with Gasteiger partial charge in [0.05, 0.1) is 29.0 Å². The van der Waals surface area contributed by atoms with Gasteiger partial charge in [-0.1, -0.05) is 30.3 Å². The molecule has 0 atom stereocenters. The Kier molecular flexibility index (Phi) is 6.20. The van der Waals surface area contributed by atoms with E-state index >= 15 is 0 Å². The van der Waals surface area contributed by atoms with Crippen LogP contribution in [0.15, 0.2) is 78.9 Å². The molecule has 1 amide bonds. The Balaban J connectivity index is 1.47. The van der Waals surface area contributed by atoms with E-state index in [-0.39, 0.29) is 12.1 Å². The molecule has 0 aliphatic heterocycles. The van der Waals surface area contributed by atoms with Crippen LogP contribution in [0.4, 0.5) is 22.0 Å². The van der Waals surface area contributed by atoms with Crippen LogP contribution in [0, 0.1) is 11.6 Å². The predicted molar refractivity (Wildman–Crippen MR) is 131 cm³/mol. The van der Waals surface area contributed by atoms with Gasteiger partial charge in [-0.25, -0.2) is 13.8 Å². The van der Waals surface area contributed by atoms with Gasteiger partial charge in [0.15, 0.2) is 0 Å². The summed E-state index contributed by atoms with van der Waals surface area (Å²) in [5.41, 5.74) is 2.31. The number of fused-ring (bicyclic) bond motifs is 3. The van der Waals surface area contributed by atoms with E-state index < -0.39 is 29.3 Å². The average Bonchev–Trinajstić information content (AvgIpc) is 3.23. The molecule has 0 radical (unpaired) electrons. The molecule has 2 N–H and O–H groups in total. The largest absolute Gasteiger partial charge is 0.416 e. The summed E-state index contributed by atoms with van der Waals surface area (Å²) in [5, 5.41) is 4.37. The standard InChI is InChI=1S/C28H18F5N3O/c29-19-11-16(12-20(30)13-19)5-10-25(37)34-15-21-14-23-22-3-1-2-4-24(22)36-27(23)26(35-21)17-6-8-18(9-7-17)28(31,32)33/h1-14,36H,15H2,(H,34,37)/b10-5+. The number of hydrogen-bond donors (Lipinski definition) is 2. The molecule has 0 saturated carbocycles. The number of rotatable bonds is 5. The van der Waals surface area contributed by atoms with Crippen LogP contribution < -0.4 is 5.32 Å². The molecule has 0 unspecified atom stereocenters. The number of pyridine rings is 1. The van der Waals surface area contributed by atoms with Crippen LogP contribution in [0.1, 0.15) is 16.8 Å². The molecule has 37 heavy (non-hydrogen) atoms. The summed E-state index contributed by atoms with van der Waals surface area (Å²) < 4.78 is 65.9. The van der Waals surface area contributed by atoms with E-state index in [0.717, 1.165) is 52.7 Å². The minimum absolute atomic E-state index is 0.0176. The van der Waals surface area contributed by atoms with Crippen molar-refractivity contribution in [3.05, 3.63) is 107 Å². The second kappa shape index (κ2) is 9.50. The van der Waals surface area contributed by atoms with Crippen molar-refractivity contribution < 1.29 is 26.7 Å². The Bertz CT molecular complexity index is 1630. The molecule has 5 rings (SSSR count). The van der Waals surface area contributed by atoms with E-state index in [1.807, 2.05) is 24.3 Å². The molecule has 2 aromatic heterocycles. The van der Waals surface area contributed by atoms with E-state index in [1.165, 1.54) is 18.2 Å². The number of aromatic amines is 1. The molecule has 0 spiro atoms. The van der Waals surface area contributed by atoms with Crippen molar-refractivity contribution in [1.82, 2.24) is 15.3 Å². The molecule has 186 valence electrons. The second-order valence-corrected chi connectivity index (χ2v) is 8.38. The van der Waals surface area contributed by atoms with Crippen molar-refractivity contribution in [1.29, 1.82) is 0 Å². The number of benzene rings is 3. The highest BCUT2D eigenvalue weighted by Crippen LogP contribution is 2.35. The zero-order valence-corrected chi connectivity index (χ0v) is 19.0. The van der Waals surface area contributed by atoms with Crippen LogP contribution in [-0.4, -0.2) is 15.9 Å². The fraction of sp³-hybridized carbons (Fsp3) is 0.0714. The van der Waals surface area contributed by atoms with Crippen LogP contribution in [0.5, 0.6) is 0 Å². The number of nitrogens with one attached hydrogen (secondary N) is 2. The predicted octanol–water partition coefficient (Wildman–Crippen LogP) is 7.01. The highest BCUT2D eigenvalue weighted by molar-refractivity contribution is 6.11. The normalized spacial score (nSPS) is 12.0. The van der Waals surface area contributed by atoms with E-state index in [9.17, 15) is 26.7 Å². The zero-order chi connectivity index (χ0) is 26.2. The van der Waals surface area contributed by atoms with Gasteiger partial charge in [-0.05, 0) is 48.0 Å². The quantitative estimate of drug-likeness (QED) is 0.199. The third-order valence-electron chi connectivity index (χ3n) is 5.79. The highest BCUT2D eigenvalue weighted by atomic mass is 19.4. The average molecular weight is 507 g/mol. The van der Waals surface area contributed by atoms with Crippen molar-refractivity contribution in [3.63, 3.8) is 0 Å². The Hall–Kier alpha value is -4.53. The molecule has 9 heteroatoms. The maximum absolute atomic E-state index is 13.4. The minimum Gasteiger partial charge on any atom is -0.353 e. The first-order chi connectivity index (χ1) is 17.7. The van der Waals surface area contributed by atoms with Gasteiger partial charge < -0.3 is 10.3 Å². The number of nitrogens with zero attached hydrogens (tertiary/aromatic N) is 1. The monoisotopic (exact) mass is 507 g/mol. The molecular formula is C28H18F5N3O.